The van der Waals surface area contributed by atoms with Crippen molar-refractivity contribution in [1.29, 1.82) is 0 Å². The lowest BCUT2D eigenvalue weighted by molar-refractivity contribution is -0.0312. The Labute approximate surface area is 537 Å². The Morgan fingerprint density at radius 3 is 0.663 bits per heavy atom. The molecule has 0 spiro atoms. The highest BCUT2D eigenvalue weighted by Gasteiger charge is 2.82. The molecule has 0 radical (unpaired) electrons. The van der Waals surface area contributed by atoms with E-state index in [0.29, 0.717) is 96.2 Å². The van der Waals surface area contributed by atoms with Gasteiger partial charge < -0.3 is 49.4 Å². The molecule has 20 heteroatoms. The molecule has 0 N–H and O–H groups in total. The largest absolute Gasteiger partial charge is 0.479 e. The molecule has 1 aromatic carbocycles. The Morgan fingerprint density at radius 2 is 0.477 bits per heavy atom. The van der Waals surface area contributed by atoms with E-state index >= 15 is 0 Å². The highest BCUT2D eigenvalue weighted by Crippen LogP contribution is 2.55. The summed E-state index contributed by atoms with van der Waals surface area (Å²) in [6.07, 6.45) is 31.7. The van der Waals surface area contributed by atoms with E-state index in [1.165, 1.54) is 6.42 Å². The summed E-state index contributed by atoms with van der Waals surface area (Å²) < 4.78 is 101. The minimum absolute atomic E-state index is 0.459. The van der Waals surface area contributed by atoms with Gasteiger partial charge in [-0.25, -0.2) is 0 Å². The predicted octanol–water partition coefficient (Wildman–Crippen LogP) is 21.2. The van der Waals surface area contributed by atoms with E-state index in [2.05, 4.69) is 128 Å². The molecule has 0 atom stereocenters. The van der Waals surface area contributed by atoms with Crippen LogP contribution in [-0.4, -0.2) is 70.4 Å². The maximum Gasteiger partial charge on any atom is 0.479 e. The second-order valence-corrected chi connectivity index (χ2v) is 54.8. The van der Waals surface area contributed by atoms with Crippen LogP contribution in [-0.2, 0) is 55.8 Å². The van der Waals surface area contributed by atoms with Crippen LogP contribution in [0.5, 0.6) is 0 Å². The summed E-state index contributed by atoms with van der Waals surface area (Å²) in [7, 11) is -32.5. The zero-order valence-electron chi connectivity index (χ0n) is 57.7. The van der Waals surface area contributed by atoms with Gasteiger partial charge in [0.25, 0.3) is 0 Å². The Morgan fingerprint density at radius 1 is 0.279 bits per heavy atom. The zero-order chi connectivity index (χ0) is 62.4. The molecule has 86 heavy (non-hydrogen) atoms. The maximum absolute atomic E-state index is 8.43. The second-order valence-electron chi connectivity index (χ2n) is 30.1. The van der Waals surface area contributed by atoms with Gasteiger partial charge in [-0.05, 0) is 104 Å². The number of benzene rings is 1. The highest BCUT2D eigenvalue weighted by molar-refractivity contribution is 7.03. The van der Waals surface area contributed by atoms with Crippen LogP contribution in [0.1, 0.15) is 288 Å². The van der Waals surface area contributed by atoms with Crippen LogP contribution < -0.4 is 0 Å². The molecule has 0 aliphatic carbocycles. The van der Waals surface area contributed by atoms with Gasteiger partial charge >= 0.3 is 70.4 Å². The first-order chi connectivity index (χ1) is 40.9. The third-order valence-corrected chi connectivity index (χ3v) is 55.5. The first kappa shape index (κ1) is 75.2. The van der Waals surface area contributed by atoms with Crippen molar-refractivity contribution in [3.05, 3.63) is 42.0 Å². The van der Waals surface area contributed by atoms with E-state index in [1.54, 1.807) is 0 Å². The van der Waals surface area contributed by atoms with Gasteiger partial charge in [0.05, 0.1) is 0 Å². The van der Waals surface area contributed by atoms with E-state index in [1.807, 2.05) is 6.08 Å². The van der Waals surface area contributed by atoms with Crippen molar-refractivity contribution in [3.8, 4) is 0 Å². The Bertz CT molecular complexity index is 1900. The minimum Gasteiger partial charge on any atom is -0.373 e. The minimum atomic E-state index is -4.15. The summed E-state index contributed by atoms with van der Waals surface area (Å²) in [6.45, 7) is 36.8. The second kappa shape index (κ2) is 36.2. The summed E-state index contributed by atoms with van der Waals surface area (Å²) in [5.74, 6) is 4.31. The summed E-state index contributed by atoms with van der Waals surface area (Å²) in [4.78, 5) is 0. The summed E-state index contributed by atoms with van der Waals surface area (Å²) >= 11 is 0. The molecule has 7 rings (SSSR count). The summed E-state index contributed by atoms with van der Waals surface area (Å²) in [6, 6.07) is 13.2. The Kier molecular flexibility index (Phi) is 31.7. The topological polar surface area (TPSA) is 111 Å². The number of aryl methyl sites for hydroxylation is 1. The fourth-order valence-electron chi connectivity index (χ4n) is 13.2. The van der Waals surface area contributed by atoms with E-state index in [4.69, 9.17) is 49.4 Å². The van der Waals surface area contributed by atoms with Gasteiger partial charge in [0, 0.05) is 48.4 Å². The molecule has 0 saturated carbocycles. The van der Waals surface area contributed by atoms with Crippen molar-refractivity contribution in [2.45, 2.75) is 331 Å². The third-order valence-electron chi connectivity index (χ3n) is 18.0. The zero-order valence-corrected chi connectivity index (χ0v) is 65.7. The van der Waals surface area contributed by atoms with E-state index in [9.17, 15) is 0 Å². The van der Waals surface area contributed by atoms with Gasteiger partial charge in [-0.3, -0.25) is 0 Å². The van der Waals surface area contributed by atoms with Crippen LogP contribution >= 0.6 is 0 Å². The van der Waals surface area contributed by atoms with Gasteiger partial charge in [-0.15, -0.1) is 0 Å². The van der Waals surface area contributed by atoms with Crippen molar-refractivity contribution < 1.29 is 49.4 Å². The van der Waals surface area contributed by atoms with Crippen molar-refractivity contribution in [2.24, 2.45) is 41.4 Å². The summed E-state index contributed by atoms with van der Waals surface area (Å²) in [5, 5.41) is 0. The first-order valence-electron chi connectivity index (χ1n) is 36.0. The summed E-state index contributed by atoms with van der Waals surface area (Å²) in [5.41, 5.74) is 2.24. The molecule has 0 amide bonds. The molecule has 6 heterocycles. The van der Waals surface area contributed by atoms with Gasteiger partial charge in [0.2, 0.25) is 0 Å². The fourth-order valence-corrected chi connectivity index (χ4v) is 64.2. The molecular weight excluding hydrogens is 1210 g/mol. The number of hydrogen-bond acceptors (Lipinski definition) is 12. The average molecular weight is 1340 g/mol. The van der Waals surface area contributed by atoms with Crippen LogP contribution in [0.25, 0.3) is 6.08 Å². The van der Waals surface area contributed by atoms with Crippen LogP contribution in [0.15, 0.2) is 30.8 Å². The molecule has 6 aliphatic heterocycles. The van der Waals surface area contributed by atoms with Gasteiger partial charge in [0.15, 0.2) is 0 Å². The van der Waals surface area contributed by atoms with E-state index < -0.39 is 70.4 Å². The van der Waals surface area contributed by atoms with Crippen LogP contribution in [0.4, 0.5) is 0 Å². The van der Waals surface area contributed by atoms with Gasteiger partial charge in [-0.1, -0.05) is 269 Å². The third kappa shape index (κ3) is 24.8. The standard InChI is InChI=1S/C66H130O12Si8/c1-16-65-46-38-47-66(57-65)48-56-86-76-83(53-35-21-28-43-62(10)11)70-80(50-32-18-25-40-59(4)5)67-79(49-31-17-24-39-58(2)3)68-81(72-83,51-33-19-26-41-60(6)7)74-85(78-86,55-37-23-30-45-64(14)15)75-82(69-79,52-34-20-27-42-61(8)9)73-84(71-80,77-86)54-36-22-29-44-63(12)13/h16,38,46-47,57-64H,1,17-37,39-45,48-56H2,2-15H3. The predicted molar refractivity (Wildman–Crippen MR) is 371 cm³/mol. The monoisotopic (exact) mass is 1340 g/mol. The smallest absolute Gasteiger partial charge is 0.373 e. The molecule has 1 aromatic rings. The SMILES string of the molecule is C=Cc1cccc(CC[Si]23O[Si]4(CCCCCC(C)C)O[Si]5(CCCCCC(C)C)O[Si]6(CCCCCC(C)C)O[Si](CCCCCC(C)C)(O4)O[Si](CCCCCC(C)C)(O[Si](CCCCCC(C)C)(O6)O[Si](CCCCCC(C)C)(O5)O2)O3)c1. The first-order valence-corrected chi connectivity index (χ1v) is 51.5. The number of rotatable bonds is 46. The van der Waals surface area contributed by atoms with Crippen LogP contribution in [0, 0.1) is 41.4 Å². The van der Waals surface area contributed by atoms with Gasteiger partial charge in [-0.2, -0.15) is 0 Å². The van der Waals surface area contributed by atoms with Gasteiger partial charge in [0.1, 0.15) is 0 Å². The van der Waals surface area contributed by atoms with Crippen molar-refractivity contribution in [2.75, 3.05) is 0 Å². The fraction of sp³-hybridized carbons (Fsp3) is 0.879. The maximum atomic E-state index is 8.43. The molecule has 0 aromatic heterocycles. The molecule has 0 unspecified atom stereocenters. The molecule has 6 aliphatic rings. The molecule has 12 nitrogen and oxygen atoms in total. The normalized spacial score (nSPS) is 30.0. The lowest BCUT2D eigenvalue weighted by atomic mass is 10.1. The average Bonchev–Trinajstić information content (AvgIpc) is 0.692. The van der Waals surface area contributed by atoms with Crippen LogP contribution in [0.3, 0.4) is 0 Å². The van der Waals surface area contributed by atoms with E-state index in [-0.39, 0.29) is 0 Å². The Hall–Kier alpha value is 0.215. The quantitative estimate of drug-likeness (QED) is 0.0458. The molecule has 6 fully saturated rings. The lowest BCUT2D eigenvalue weighted by Gasteiger charge is -2.63. The van der Waals surface area contributed by atoms with E-state index in [0.717, 1.165) is 184 Å². The van der Waals surface area contributed by atoms with Crippen molar-refractivity contribution in [3.63, 3.8) is 0 Å². The molecule has 498 valence electrons. The Balaban J connectivity index is 1.68. The molecule has 6 saturated heterocycles. The lowest BCUT2D eigenvalue weighted by Crippen LogP contribution is -2.88. The van der Waals surface area contributed by atoms with Crippen molar-refractivity contribution >= 4 is 76.5 Å². The molecular formula is C66H130O12Si8. The van der Waals surface area contributed by atoms with Crippen molar-refractivity contribution in [1.82, 2.24) is 0 Å². The molecule has 8 bridgehead atoms. The number of unbranched alkanes of at least 4 members (excludes halogenated alkanes) is 14. The van der Waals surface area contributed by atoms with Crippen LogP contribution in [0.2, 0.25) is 48.4 Å². The highest BCUT2D eigenvalue weighted by atomic mass is 28.6. The number of hydrogen-bond donors (Lipinski definition) is 0.